The van der Waals surface area contributed by atoms with Crippen LogP contribution in [0.2, 0.25) is 0 Å². The van der Waals surface area contributed by atoms with Crippen LogP contribution in [0.5, 0.6) is 0 Å². The highest BCUT2D eigenvalue weighted by Crippen LogP contribution is 2.10. The van der Waals surface area contributed by atoms with Gasteiger partial charge < -0.3 is 4.74 Å². The summed E-state index contributed by atoms with van der Waals surface area (Å²) in [5.74, 6) is 0. The van der Waals surface area contributed by atoms with Crippen LogP contribution in [0.15, 0.2) is 36.6 Å². The third-order valence-electron chi connectivity index (χ3n) is 1.61. The Kier molecular flexibility index (Phi) is 3.76. The predicted octanol–water partition coefficient (Wildman–Crippen LogP) is 2.26. The fraction of sp³-hybridized carbons (Fsp3) is 0.182. The number of aldehydes is 1. The Morgan fingerprint density at radius 2 is 2.08 bits per heavy atom. The van der Waals surface area contributed by atoms with Gasteiger partial charge in [0.15, 0.2) is 6.29 Å². The minimum atomic E-state index is 0.572. The highest BCUT2D eigenvalue weighted by Gasteiger charge is 1.97. The van der Waals surface area contributed by atoms with Gasteiger partial charge in [0.25, 0.3) is 0 Å². The van der Waals surface area contributed by atoms with Gasteiger partial charge in [-0.15, -0.1) is 0 Å². The van der Waals surface area contributed by atoms with Gasteiger partial charge in [-0.3, -0.25) is 4.79 Å². The molecule has 1 aromatic rings. The summed E-state index contributed by atoms with van der Waals surface area (Å²) in [5.41, 5.74) is 1.45. The second kappa shape index (κ2) is 5.14. The predicted molar refractivity (Wildman–Crippen MR) is 52.1 cm³/mol. The lowest BCUT2D eigenvalue weighted by molar-refractivity contribution is -0.103. The van der Waals surface area contributed by atoms with E-state index in [2.05, 4.69) is 0 Å². The van der Waals surface area contributed by atoms with E-state index >= 15 is 0 Å². The standard InChI is InChI=1S/C11H12O2/c1-2-13-9-11(8-12)10-6-4-3-5-7-10/h3-9H,2H2,1H3/b11-9+. The molecule has 0 heterocycles. The lowest BCUT2D eigenvalue weighted by Gasteiger charge is -1.99. The lowest BCUT2D eigenvalue weighted by atomic mass is 10.1. The van der Waals surface area contributed by atoms with Crippen molar-refractivity contribution in [3.63, 3.8) is 0 Å². The van der Waals surface area contributed by atoms with Gasteiger partial charge in [-0.05, 0) is 12.5 Å². The Morgan fingerprint density at radius 3 is 2.62 bits per heavy atom. The molecule has 0 N–H and O–H groups in total. The van der Waals surface area contributed by atoms with Crippen LogP contribution < -0.4 is 0 Å². The van der Waals surface area contributed by atoms with Crippen LogP contribution in [-0.4, -0.2) is 12.9 Å². The van der Waals surface area contributed by atoms with Crippen molar-refractivity contribution in [2.45, 2.75) is 6.92 Å². The smallest absolute Gasteiger partial charge is 0.153 e. The fourth-order valence-electron chi connectivity index (χ4n) is 0.968. The monoisotopic (exact) mass is 176 g/mol. The summed E-state index contributed by atoms with van der Waals surface area (Å²) in [6.07, 6.45) is 2.29. The number of hydrogen-bond donors (Lipinski definition) is 0. The molecule has 1 rings (SSSR count). The van der Waals surface area contributed by atoms with E-state index in [0.717, 1.165) is 11.8 Å². The molecule has 0 unspecified atom stereocenters. The molecule has 0 spiro atoms. The van der Waals surface area contributed by atoms with Gasteiger partial charge in [0.1, 0.15) is 0 Å². The summed E-state index contributed by atoms with van der Waals surface area (Å²) in [7, 11) is 0. The molecular formula is C11H12O2. The topological polar surface area (TPSA) is 26.3 Å². The Labute approximate surface area is 77.8 Å². The molecule has 1 aromatic carbocycles. The summed E-state index contributed by atoms with van der Waals surface area (Å²) >= 11 is 0. The van der Waals surface area contributed by atoms with Gasteiger partial charge >= 0.3 is 0 Å². The zero-order chi connectivity index (χ0) is 9.52. The van der Waals surface area contributed by atoms with Crippen LogP contribution in [-0.2, 0) is 9.53 Å². The Balaban J connectivity index is 2.84. The number of carbonyl (C=O) groups is 1. The van der Waals surface area contributed by atoms with Crippen molar-refractivity contribution in [3.8, 4) is 0 Å². The molecule has 0 amide bonds. The normalized spacial score (nSPS) is 11.0. The Bertz CT molecular complexity index is 288. The largest absolute Gasteiger partial charge is 0.501 e. The van der Waals surface area contributed by atoms with Gasteiger partial charge in [0.2, 0.25) is 0 Å². The first-order valence-corrected chi connectivity index (χ1v) is 4.21. The molecule has 0 aromatic heterocycles. The number of carbonyl (C=O) groups excluding carboxylic acids is 1. The number of hydrogen-bond acceptors (Lipinski definition) is 2. The average Bonchev–Trinajstić information content (AvgIpc) is 2.21. The number of ether oxygens (including phenoxy) is 1. The van der Waals surface area contributed by atoms with Crippen LogP contribution in [0.25, 0.3) is 5.57 Å². The number of allylic oxidation sites excluding steroid dienone is 1. The molecule has 0 saturated carbocycles. The summed E-state index contributed by atoms with van der Waals surface area (Å²) in [6, 6.07) is 9.43. The first-order valence-electron chi connectivity index (χ1n) is 4.21. The van der Waals surface area contributed by atoms with Crippen LogP contribution >= 0.6 is 0 Å². The summed E-state index contributed by atoms with van der Waals surface area (Å²) in [4.78, 5) is 10.7. The highest BCUT2D eigenvalue weighted by molar-refractivity contribution is 6.06. The second-order valence-corrected chi connectivity index (χ2v) is 2.51. The Hall–Kier alpha value is -1.57. The average molecular weight is 176 g/mol. The van der Waals surface area contributed by atoms with Gasteiger partial charge in [-0.1, -0.05) is 30.3 Å². The molecule has 0 aliphatic rings. The van der Waals surface area contributed by atoms with E-state index in [0.29, 0.717) is 12.2 Å². The summed E-state index contributed by atoms with van der Waals surface area (Å²) < 4.78 is 5.05. The molecule has 0 bridgehead atoms. The van der Waals surface area contributed by atoms with Gasteiger partial charge in [-0.2, -0.15) is 0 Å². The van der Waals surface area contributed by atoms with Crippen LogP contribution in [0.4, 0.5) is 0 Å². The zero-order valence-electron chi connectivity index (χ0n) is 7.57. The molecule has 0 radical (unpaired) electrons. The Morgan fingerprint density at radius 1 is 1.38 bits per heavy atom. The van der Waals surface area contributed by atoms with Crippen molar-refractivity contribution >= 4 is 11.9 Å². The van der Waals surface area contributed by atoms with Crippen LogP contribution in [0.1, 0.15) is 12.5 Å². The summed E-state index contributed by atoms with van der Waals surface area (Å²) in [6.45, 7) is 2.45. The van der Waals surface area contributed by atoms with Crippen molar-refractivity contribution in [2.24, 2.45) is 0 Å². The molecule has 0 fully saturated rings. The van der Waals surface area contributed by atoms with Gasteiger partial charge in [-0.25, -0.2) is 0 Å². The number of benzene rings is 1. The van der Waals surface area contributed by atoms with E-state index in [1.807, 2.05) is 37.3 Å². The maximum atomic E-state index is 10.7. The molecular weight excluding hydrogens is 164 g/mol. The maximum absolute atomic E-state index is 10.7. The number of rotatable bonds is 4. The van der Waals surface area contributed by atoms with E-state index in [1.54, 1.807) is 0 Å². The van der Waals surface area contributed by atoms with Gasteiger partial charge in [0.05, 0.1) is 18.4 Å². The van der Waals surface area contributed by atoms with Crippen molar-refractivity contribution in [3.05, 3.63) is 42.2 Å². The minimum absolute atomic E-state index is 0.572. The maximum Gasteiger partial charge on any atom is 0.153 e. The van der Waals surface area contributed by atoms with Crippen LogP contribution in [0.3, 0.4) is 0 Å². The van der Waals surface area contributed by atoms with Crippen molar-refractivity contribution in [1.82, 2.24) is 0 Å². The van der Waals surface area contributed by atoms with E-state index < -0.39 is 0 Å². The highest BCUT2D eigenvalue weighted by atomic mass is 16.5. The van der Waals surface area contributed by atoms with Crippen LogP contribution in [0, 0.1) is 0 Å². The summed E-state index contributed by atoms with van der Waals surface area (Å²) in [5, 5.41) is 0. The first-order chi connectivity index (χ1) is 6.38. The molecule has 68 valence electrons. The molecule has 13 heavy (non-hydrogen) atoms. The van der Waals surface area contributed by atoms with E-state index in [1.165, 1.54) is 6.26 Å². The molecule has 0 aliphatic heterocycles. The SMILES string of the molecule is CCO/C=C(\C=O)c1ccccc1. The van der Waals surface area contributed by atoms with E-state index in [4.69, 9.17) is 4.74 Å². The molecule has 2 nitrogen and oxygen atoms in total. The molecule has 0 atom stereocenters. The molecule has 0 aliphatic carbocycles. The minimum Gasteiger partial charge on any atom is -0.501 e. The lowest BCUT2D eigenvalue weighted by Crippen LogP contribution is -1.87. The molecule has 2 heteroatoms. The van der Waals surface area contributed by atoms with Crippen molar-refractivity contribution in [2.75, 3.05) is 6.61 Å². The van der Waals surface area contributed by atoms with E-state index in [-0.39, 0.29) is 0 Å². The zero-order valence-corrected chi connectivity index (χ0v) is 7.57. The first kappa shape index (κ1) is 9.52. The quantitative estimate of drug-likeness (QED) is 0.399. The third-order valence-corrected chi connectivity index (χ3v) is 1.61. The van der Waals surface area contributed by atoms with Crippen molar-refractivity contribution < 1.29 is 9.53 Å². The van der Waals surface area contributed by atoms with E-state index in [9.17, 15) is 4.79 Å². The van der Waals surface area contributed by atoms with Crippen molar-refractivity contribution in [1.29, 1.82) is 0 Å². The fourth-order valence-corrected chi connectivity index (χ4v) is 0.968. The molecule has 0 saturated heterocycles. The third kappa shape index (κ3) is 2.75. The second-order valence-electron chi connectivity index (χ2n) is 2.51. The van der Waals surface area contributed by atoms with Gasteiger partial charge in [0, 0.05) is 0 Å².